The summed E-state index contributed by atoms with van der Waals surface area (Å²) in [5.41, 5.74) is 1.09. The van der Waals surface area contributed by atoms with Crippen LogP contribution in [0, 0.1) is 0 Å². The Kier molecular flexibility index (Phi) is 5.38. The molecule has 2 rings (SSSR count). The van der Waals surface area contributed by atoms with Crippen LogP contribution < -0.4 is 0 Å². The fourth-order valence-corrected chi connectivity index (χ4v) is 3.23. The van der Waals surface area contributed by atoms with Gasteiger partial charge in [0.1, 0.15) is 5.60 Å². The van der Waals surface area contributed by atoms with Crippen molar-refractivity contribution in [3.63, 3.8) is 0 Å². The zero-order valence-electron chi connectivity index (χ0n) is 14.0. The van der Waals surface area contributed by atoms with Crippen molar-refractivity contribution in [1.82, 2.24) is 0 Å². The van der Waals surface area contributed by atoms with Gasteiger partial charge in [0.15, 0.2) is 0 Å². The SMILES string of the molecule is CCOC(C)(C)C(OCC)(c1ccccc1)c1ccccc1. The van der Waals surface area contributed by atoms with Gasteiger partial charge in [-0.1, -0.05) is 60.7 Å². The average Bonchev–Trinajstić information content (AvgIpc) is 2.54. The predicted octanol–water partition coefficient (Wildman–Crippen LogP) is 4.78. The summed E-state index contributed by atoms with van der Waals surface area (Å²) in [6, 6.07) is 20.7. The Morgan fingerprint density at radius 2 is 1.09 bits per heavy atom. The van der Waals surface area contributed by atoms with Gasteiger partial charge in [0.2, 0.25) is 0 Å². The zero-order chi connectivity index (χ0) is 16.1. The predicted molar refractivity (Wildman–Crippen MR) is 91.0 cm³/mol. The quantitative estimate of drug-likeness (QED) is 0.732. The van der Waals surface area contributed by atoms with Crippen LogP contribution in [0.5, 0.6) is 0 Å². The van der Waals surface area contributed by atoms with E-state index in [1.807, 2.05) is 50.2 Å². The lowest BCUT2D eigenvalue weighted by atomic mass is 9.74. The Balaban J connectivity index is 2.70. The number of benzene rings is 2. The van der Waals surface area contributed by atoms with Crippen molar-refractivity contribution in [1.29, 1.82) is 0 Å². The highest BCUT2D eigenvalue weighted by Gasteiger charge is 2.49. The standard InChI is InChI=1S/C20H26O2/c1-5-21-19(3,4)20(22-6-2,17-13-9-7-10-14-17)18-15-11-8-12-16-18/h7-16H,5-6H2,1-4H3. The van der Waals surface area contributed by atoms with Crippen molar-refractivity contribution in [2.24, 2.45) is 0 Å². The first-order valence-corrected chi connectivity index (χ1v) is 7.97. The van der Waals surface area contributed by atoms with Crippen molar-refractivity contribution in [3.8, 4) is 0 Å². The van der Waals surface area contributed by atoms with Gasteiger partial charge in [-0.3, -0.25) is 0 Å². The van der Waals surface area contributed by atoms with E-state index in [1.54, 1.807) is 0 Å². The van der Waals surface area contributed by atoms with Crippen molar-refractivity contribution >= 4 is 0 Å². The maximum atomic E-state index is 6.39. The minimum Gasteiger partial charge on any atom is -0.372 e. The second-order valence-corrected chi connectivity index (χ2v) is 5.79. The summed E-state index contributed by atoms with van der Waals surface area (Å²) in [6.45, 7) is 9.51. The van der Waals surface area contributed by atoms with Crippen LogP contribution >= 0.6 is 0 Å². The molecule has 0 unspecified atom stereocenters. The maximum Gasteiger partial charge on any atom is 0.146 e. The van der Waals surface area contributed by atoms with Gasteiger partial charge in [-0.25, -0.2) is 0 Å². The molecule has 0 amide bonds. The molecule has 118 valence electrons. The van der Waals surface area contributed by atoms with Crippen molar-refractivity contribution in [2.75, 3.05) is 13.2 Å². The maximum absolute atomic E-state index is 6.39. The summed E-state index contributed by atoms with van der Waals surface area (Å²) < 4.78 is 12.5. The number of hydrogen-bond donors (Lipinski definition) is 0. The van der Waals surface area contributed by atoms with E-state index >= 15 is 0 Å². The topological polar surface area (TPSA) is 18.5 Å². The van der Waals surface area contributed by atoms with Crippen molar-refractivity contribution < 1.29 is 9.47 Å². The third kappa shape index (κ3) is 2.94. The summed E-state index contributed by atoms with van der Waals surface area (Å²) in [6.07, 6.45) is 0. The molecule has 2 heteroatoms. The molecule has 0 spiro atoms. The molecule has 0 atom stereocenters. The fourth-order valence-electron chi connectivity index (χ4n) is 3.23. The number of hydrogen-bond acceptors (Lipinski definition) is 2. The third-order valence-corrected chi connectivity index (χ3v) is 4.07. The molecular formula is C20H26O2. The van der Waals surface area contributed by atoms with E-state index in [4.69, 9.17) is 9.47 Å². The van der Waals surface area contributed by atoms with Gasteiger partial charge in [0, 0.05) is 13.2 Å². The Morgan fingerprint density at radius 3 is 1.45 bits per heavy atom. The van der Waals surface area contributed by atoms with E-state index < -0.39 is 11.2 Å². The molecule has 0 aliphatic carbocycles. The van der Waals surface area contributed by atoms with E-state index in [0.717, 1.165) is 11.1 Å². The smallest absolute Gasteiger partial charge is 0.146 e. The normalized spacial score (nSPS) is 12.4. The molecule has 2 aromatic rings. The number of rotatable bonds is 7. The van der Waals surface area contributed by atoms with E-state index in [2.05, 4.69) is 38.1 Å². The summed E-state index contributed by atoms with van der Waals surface area (Å²) in [5.74, 6) is 0. The lowest BCUT2D eigenvalue weighted by molar-refractivity contribution is -0.174. The van der Waals surface area contributed by atoms with Gasteiger partial charge < -0.3 is 9.47 Å². The molecule has 0 aliphatic rings. The van der Waals surface area contributed by atoms with Crippen LogP contribution in [0.1, 0.15) is 38.8 Å². The molecule has 0 aromatic heterocycles. The molecular weight excluding hydrogens is 272 g/mol. The third-order valence-electron chi connectivity index (χ3n) is 4.07. The van der Waals surface area contributed by atoms with Gasteiger partial charge in [-0.2, -0.15) is 0 Å². The lowest BCUT2D eigenvalue weighted by Crippen LogP contribution is -2.52. The van der Waals surface area contributed by atoms with Gasteiger partial charge >= 0.3 is 0 Å². The molecule has 0 radical (unpaired) electrons. The van der Waals surface area contributed by atoms with E-state index in [0.29, 0.717) is 13.2 Å². The van der Waals surface area contributed by atoms with Crippen LogP contribution in [0.15, 0.2) is 60.7 Å². The highest BCUT2D eigenvalue weighted by atomic mass is 16.6. The van der Waals surface area contributed by atoms with E-state index in [1.165, 1.54) is 0 Å². The minimum atomic E-state index is -0.639. The largest absolute Gasteiger partial charge is 0.372 e. The van der Waals surface area contributed by atoms with Crippen LogP contribution in [0.25, 0.3) is 0 Å². The first-order valence-electron chi connectivity index (χ1n) is 7.97. The van der Waals surface area contributed by atoms with Crippen LogP contribution in [-0.4, -0.2) is 18.8 Å². The monoisotopic (exact) mass is 298 g/mol. The van der Waals surface area contributed by atoms with Gasteiger partial charge in [-0.05, 0) is 38.8 Å². The molecule has 0 saturated carbocycles. The second-order valence-electron chi connectivity index (χ2n) is 5.79. The van der Waals surface area contributed by atoms with E-state index in [-0.39, 0.29) is 0 Å². The fraction of sp³-hybridized carbons (Fsp3) is 0.400. The highest BCUT2D eigenvalue weighted by molar-refractivity contribution is 5.40. The summed E-state index contributed by atoms with van der Waals surface area (Å²) in [4.78, 5) is 0. The first-order chi connectivity index (χ1) is 10.6. The second kappa shape index (κ2) is 7.08. The van der Waals surface area contributed by atoms with Gasteiger partial charge in [0.05, 0.1) is 5.60 Å². The van der Waals surface area contributed by atoms with Crippen LogP contribution in [0.2, 0.25) is 0 Å². The highest BCUT2D eigenvalue weighted by Crippen LogP contribution is 2.44. The lowest BCUT2D eigenvalue weighted by Gasteiger charge is -2.46. The zero-order valence-corrected chi connectivity index (χ0v) is 14.0. The number of ether oxygens (including phenoxy) is 2. The molecule has 22 heavy (non-hydrogen) atoms. The average molecular weight is 298 g/mol. The molecule has 0 heterocycles. The molecule has 0 aliphatic heterocycles. The molecule has 2 aromatic carbocycles. The Morgan fingerprint density at radius 1 is 0.682 bits per heavy atom. The summed E-state index contributed by atoms with van der Waals surface area (Å²) >= 11 is 0. The van der Waals surface area contributed by atoms with Gasteiger partial charge in [0.25, 0.3) is 0 Å². The van der Waals surface area contributed by atoms with Crippen molar-refractivity contribution in [3.05, 3.63) is 71.8 Å². The van der Waals surface area contributed by atoms with Crippen LogP contribution in [0.4, 0.5) is 0 Å². The molecule has 2 nitrogen and oxygen atoms in total. The summed E-state index contributed by atoms with van der Waals surface area (Å²) in [7, 11) is 0. The van der Waals surface area contributed by atoms with Crippen molar-refractivity contribution in [2.45, 2.75) is 38.9 Å². The minimum absolute atomic E-state index is 0.500. The Labute approximate surface area is 134 Å². The first kappa shape index (κ1) is 16.7. The Hall–Kier alpha value is -1.64. The molecule has 0 N–H and O–H groups in total. The molecule has 0 bridgehead atoms. The Bertz CT molecular complexity index is 521. The summed E-state index contributed by atoms with van der Waals surface area (Å²) in [5, 5.41) is 0. The molecule has 0 fully saturated rings. The van der Waals surface area contributed by atoms with Gasteiger partial charge in [-0.15, -0.1) is 0 Å². The molecule has 0 saturated heterocycles. The van der Waals surface area contributed by atoms with E-state index in [9.17, 15) is 0 Å². The van der Waals surface area contributed by atoms with Crippen LogP contribution in [-0.2, 0) is 15.1 Å². The van der Waals surface area contributed by atoms with Crippen LogP contribution in [0.3, 0.4) is 0 Å².